The number of nitrogens with one attached hydrogen (secondary N) is 1. The van der Waals surface area contributed by atoms with Crippen molar-refractivity contribution in [3.8, 4) is 0 Å². The first-order chi connectivity index (χ1) is 9.48. The standard InChI is InChI=1S/C14H26N2O3S/c1-4-14(5-2,20-3)10-15-13(19)16-8-6-7-11(9-16)12(17)18/h11H,4-10H2,1-3H3,(H,15,19)(H,17,18). The minimum Gasteiger partial charge on any atom is -0.481 e. The topological polar surface area (TPSA) is 69.6 Å². The van der Waals surface area contributed by atoms with Gasteiger partial charge in [0.2, 0.25) is 0 Å². The van der Waals surface area contributed by atoms with Crippen molar-refractivity contribution in [3.05, 3.63) is 0 Å². The molecule has 0 radical (unpaired) electrons. The molecule has 1 rings (SSSR count). The number of hydrogen-bond acceptors (Lipinski definition) is 3. The zero-order valence-electron chi connectivity index (χ0n) is 12.6. The summed E-state index contributed by atoms with van der Waals surface area (Å²) in [4.78, 5) is 24.8. The predicted octanol–water partition coefficient (Wildman–Crippen LogP) is 2.41. The van der Waals surface area contributed by atoms with Crippen molar-refractivity contribution in [3.63, 3.8) is 0 Å². The molecule has 0 aromatic carbocycles. The predicted molar refractivity (Wildman–Crippen MR) is 82.2 cm³/mol. The molecule has 2 amide bonds. The summed E-state index contributed by atoms with van der Waals surface area (Å²) < 4.78 is 0.0810. The maximum absolute atomic E-state index is 12.2. The summed E-state index contributed by atoms with van der Waals surface area (Å²) in [5.41, 5.74) is 0. The molecule has 116 valence electrons. The summed E-state index contributed by atoms with van der Waals surface area (Å²) in [6, 6.07) is -0.128. The highest BCUT2D eigenvalue weighted by Gasteiger charge is 2.30. The molecule has 5 nitrogen and oxygen atoms in total. The van der Waals surface area contributed by atoms with Crippen molar-refractivity contribution in [2.45, 2.75) is 44.3 Å². The number of carboxylic acids is 1. The molecule has 1 heterocycles. The smallest absolute Gasteiger partial charge is 0.317 e. The number of likely N-dealkylation sites (tertiary alicyclic amines) is 1. The fourth-order valence-corrected chi connectivity index (χ4v) is 3.37. The Morgan fingerprint density at radius 2 is 2.05 bits per heavy atom. The summed E-state index contributed by atoms with van der Waals surface area (Å²) in [5, 5.41) is 12.0. The molecule has 2 N–H and O–H groups in total. The first-order valence-electron chi connectivity index (χ1n) is 7.28. The van der Waals surface area contributed by atoms with Gasteiger partial charge in [-0.05, 0) is 31.9 Å². The number of carboxylic acid groups (broad SMARTS) is 1. The minimum atomic E-state index is -0.803. The molecule has 0 bridgehead atoms. The Hall–Kier alpha value is -0.910. The number of carbonyl (C=O) groups is 2. The Kier molecular flexibility index (Phi) is 6.65. The van der Waals surface area contributed by atoms with Gasteiger partial charge in [-0.15, -0.1) is 0 Å². The van der Waals surface area contributed by atoms with Gasteiger partial charge in [-0.3, -0.25) is 4.79 Å². The van der Waals surface area contributed by atoms with Crippen LogP contribution >= 0.6 is 11.8 Å². The van der Waals surface area contributed by atoms with Gasteiger partial charge in [0.25, 0.3) is 0 Å². The minimum absolute atomic E-state index is 0.0810. The highest BCUT2D eigenvalue weighted by atomic mass is 32.2. The first-order valence-corrected chi connectivity index (χ1v) is 8.51. The Morgan fingerprint density at radius 1 is 1.40 bits per heavy atom. The summed E-state index contributed by atoms with van der Waals surface area (Å²) in [5.74, 6) is -1.22. The van der Waals surface area contributed by atoms with E-state index in [1.54, 1.807) is 16.7 Å². The molecule has 20 heavy (non-hydrogen) atoms. The molecule has 0 saturated carbocycles. The molecule has 1 aliphatic heterocycles. The van der Waals surface area contributed by atoms with Gasteiger partial charge < -0.3 is 15.3 Å². The average molecular weight is 302 g/mol. The molecule has 1 unspecified atom stereocenters. The Morgan fingerprint density at radius 3 is 2.55 bits per heavy atom. The van der Waals surface area contributed by atoms with E-state index in [0.29, 0.717) is 26.1 Å². The molecule has 1 atom stereocenters. The molecule has 0 aromatic heterocycles. The van der Waals surface area contributed by atoms with Gasteiger partial charge in [-0.2, -0.15) is 11.8 Å². The van der Waals surface area contributed by atoms with Crippen LogP contribution in [0.2, 0.25) is 0 Å². The Balaban J connectivity index is 2.52. The lowest BCUT2D eigenvalue weighted by molar-refractivity contribution is -0.143. The van der Waals surface area contributed by atoms with Crippen LogP contribution in [0.15, 0.2) is 0 Å². The number of nitrogens with zero attached hydrogens (tertiary/aromatic N) is 1. The fraction of sp³-hybridized carbons (Fsp3) is 0.857. The zero-order valence-corrected chi connectivity index (χ0v) is 13.5. The van der Waals surface area contributed by atoms with Crippen LogP contribution in [0.25, 0.3) is 0 Å². The molecule has 0 aliphatic carbocycles. The lowest BCUT2D eigenvalue weighted by atomic mass is 9.98. The number of amides is 2. The second-order valence-electron chi connectivity index (χ2n) is 5.38. The van der Waals surface area contributed by atoms with E-state index in [0.717, 1.165) is 19.3 Å². The van der Waals surface area contributed by atoms with E-state index >= 15 is 0 Å². The zero-order chi connectivity index (χ0) is 15.2. The first kappa shape index (κ1) is 17.1. The van der Waals surface area contributed by atoms with Gasteiger partial charge in [-0.1, -0.05) is 13.8 Å². The molecule has 0 spiro atoms. The molecular weight excluding hydrogens is 276 g/mol. The van der Waals surface area contributed by atoms with E-state index in [1.165, 1.54) is 0 Å². The van der Waals surface area contributed by atoms with Gasteiger partial charge in [0, 0.05) is 24.4 Å². The van der Waals surface area contributed by atoms with Crippen molar-refractivity contribution in [1.29, 1.82) is 0 Å². The maximum Gasteiger partial charge on any atom is 0.317 e. The molecule has 1 aliphatic rings. The van der Waals surface area contributed by atoms with Crippen LogP contribution in [0.5, 0.6) is 0 Å². The third-order valence-corrected chi connectivity index (χ3v) is 5.93. The number of thioether (sulfide) groups is 1. The fourth-order valence-electron chi connectivity index (χ4n) is 2.57. The lowest BCUT2D eigenvalue weighted by Crippen LogP contribution is -2.50. The summed E-state index contributed by atoms with van der Waals surface area (Å²) in [6.45, 7) is 5.88. The van der Waals surface area contributed by atoms with Crippen LogP contribution in [0.3, 0.4) is 0 Å². The number of rotatable bonds is 6. The number of hydrogen-bond donors (Lipinski definition) is 2. The van der Waals surface area contributed by atoms with E-state index in [9.17, 15) is 9.59 Å². The second-order valence-corrected chi connectivity index (χ2v) is 6.65. The van der Waals surface area contributed by atoms with Gasteiger partial charge in [0.15, 0.2) is 0 Å². The summed E-state index contributed by atoms with van der Waals surface area (Å²) >= 11 is 1.78. The highest BCUT2D eigenvalue weighted by molar-refractivity contribution is 8.00. The van der Waals surface area contributed by atoms with Gasteiger partial charge in [0.05, 0.1) is 5.92 Å². The maximum atomic E-state index is 12.2. The third-order valence-electron chi connectivity index (χ3n) is 4.34. The highest BCUT2D eigenvalue weighted by Crippen LogP contribution is 2.29. The number of piperidine rings is 1. The normalized spacial score (nSPS) is 19.8. The Bertz CT molecular complexity index is 337. The van der Waals surface area contributed by atoms with Gasteiger partial charge in [0.1, 0.15) is 0 Å². The van der Waals surface area contributed by atoms with Crippen molar-refractivity contribution in [2.24, 2.45) is 5.92 Å². The summed E-state index contributed by atoms with van der Waals surface area (Å²) in [7, 11) is 0. The Labute approximate surface area is 125 Å². The summed E-state index contributed by atoms with van der Waals surface area (Å²) in [6.07, 6.45) is 5.50. The average Bonchev–Trinajstić information content (AvgIpc) is 2.49. The molecule has 0 aromatic rings. The van der Waals surface area contributed by atoms with Crippen molar-refractivity contribution < 1.29 is 14.7 Å². The van der Waals surface area contributed by atoms with Crippen molar-refractivity contribution >= 4 is 23.8 Å². The van der Waals surface area contributed by atoms with E-state index in [1.807, 2.05) is 0 Å². The molecule has 1 saturated heterocycles. The molecule has 6 heteroatoms. The number of aliphatic carboxylic acids is 1. The van der Waals surface area contributed by atoms with E-state index < -0.39 is 11.9 Å². The molecular formula is C14H26N2O3S. The van der Waals surface area contributed by atoms with E-state index in [4.69, 9.17) is 5.11 Å². The van der Waals surface area contributed by atoms with Crippen LogP contribution in [-0.2, 0) is 4.79 Å². The van der Waals surface area contributed by atoms with E-state index in [2.05, 4.69) is 25.4 Å². The van der Waals surface area contributed by atoms with Crippen LogP contribution in [0.1, 0.15) is 39.5 Å². The van der Waals surface area contributed by atoms with Gasteiger partial charge >= 0.3 is 12.0 Å². The number of carbonyl (C=O) groups excluding carboxylic acids is 1. The van der Waals surface area contributed by atoms with Crippen LogP contribution in [-0.4, -0.2) is 52.6 Å². The molecule has 1 fully saturated rings. The third kappa shape index (κ3) is 4.30. The SMILES string of the molecule is CCC(CC)(CNC(=O)N1CCCC(C(=O)O)C1)SC. The van der Waals surface area contributed by atoms with Crippen molar-refractivity contribution in [1.82, 2.24) is 10.2 Å². The largest absolute Gasteiger partial charge is 0.481 e. The van der Waals surface area contributed by atoms with Crippen LogP contribution in [0, 0.1) is 5.92 Å². The van der Waals surface area contributed by atoms with Crippen molar-refractivity contribution in [2.75, 3.05) is 25.9 Å². The second kappa shape index (κ2) is 7.76. The quantitative estimate of drug-likeness (QED) is 0.790. The van der Waals surface area contributed by atoms with Gasteiger partial charge in [-0.25, -0.2) is 4.79 Å². The van der Waals surface area contributed by atoms with Crippen LogP contribution in [0.4, 0.5) is 4.79 Å². The van der Waals surface area contributed by atoms with Crippen LogP contribution < -0.4 is 5.32 Å². The monoisotopic (exact) mass is 302 g/mol. The van der Waals surface area contributed by atoms with E-state index in [-0.39, 0.29) is 10.8 Å². The number of urea groups is 1. The lowest BCUT2D eigenvalue weighted by Gasteiger charge is -2.34.